The van der Waals surface area contributed by atoms with Crippen LogP contribution in [-0.4, -0.2) is 11.5 Å². The molecule has 0 amide bonds. The first-order valence-corrected chi connectivity index (χ1v) is 5.00. The fraction of sp³-hybridized carbons (Fsp3) is 0.364. The largest absolute Gasteiger partial charge is 0.440 e. The van der Waals surface area contributed by atoms with Gasteiger partial charge in [0.05, 0.1) is 0 Å². The Balaban J connectivity index is 2.46. The van der Waals surface area contributed by atoms with Crippen molar-refractivity contribution in [1.29, 1.82) is 0 Å². The van der Waals surface area contributed by atoms with Gasteiger partial charge in [0.2, 0.25) is 0 Å². The third-order valence-corrected chi connectivity index (χ3v) is 2.49. The molecule has 4 heteroatoms. The van der Waals surface area contributed by atoms with Crippen molar-refractivity contribution >= 4 is 11.1 Å². The van der Waals surface area contributed by atoms with Crippen molar-refractivity contribution in [3.8, 4) is 0 Å². The third-order valence-electron chi connectivity index (χ3n) is 2.49. The number of hydrogen-bond acceptors (Lipinski definition) is 3. The van der Waals surface area contributed by atoms with E-state index >= 15 is 0 Å². The Morgan fingerprint density at radius 2 is 2.33 bits per heavy atom. The Morgan fingerprint density at radius 3 is 3.00 bits per heavy atom. The van der Waals surface area contributed by atoms with Crippen LogP contribution in [-0.2, 0) is 0 Å². The summed E-state index contributed by atoms with van der Waals surface area (Å²) in [5, 5.41) is 0. The number of hydrogen-bond donors (Lipinski definition) is 1. The van der Waals surface area contributed by atoms with Gasteiger partial charge in [-0.2, -0.15) is 0 Å². The minimum absolute atomic E-state index is 0.112. The van der Waals surface area contributed by atoms with E-state index < -0.39 is 0 Å². The van der Waals surface area contributed by atoms with Crippen LogP contribution < -0.4 is 5.73 Å². The van der Waals surface area contributed by atoms with Crippen LogP contribution in [0.15, 0.2) is 22.6 Å². The van der Waals surface area contributed by atoms with Gasteiger partial charge in [-0.25, -0.2) is 9.37 Å². The summed E-state index contributed by atoms with van der Waals surface area (Å²) in [6, 6.07) is 4.33. The van der Waals surface area contributed by atoms with E-state index in [4.69, 9.17) is 10.2 Å². The number of nitrogens with two attached hydrogens (primary N) is 1. The second kappa shape index (κ2) is 3.98. The summed E-state index contributed by atoms with van der Waals surface area (Å²) < 4.78 is 18.4. The number of nitrogens with zero attached hydrogens (tertiary/aromatic N) is 1. The highest BCUT2D eigenvalue weighted by atomic mass is 19.1. The van der Waals surface area contributed by atoms with Gasteiger partial charge in [0.1, 0.15) is 11.3 Å². The molecule has 0 spiro atoms. The molecular weight excluding hydrogens is 195 g/mol. The van der Waals surface area contributed by atoms with E-state index in [9.17, 15) is 4.39 Å². The van der Waals surface area contributed by atoms with Crippen LogP contribution in [0.25, 0.3) is 11.1 Å². The zero-order valence-electron chi connectivity index (χ0n) is 8.53. The van der Waals surface area contributed by atoms with E-state index in [1.807, 2.05) is 6.92 Å². The van der Waals surface area contributed by atoms with Crippen molar-refractivity contribution in [2.75, 3.05) is 6.54 Å². The summed E-state index contributed by atoms with van der Waals surface area (Å²) >= 11 is 0. The standard InChI is InChI=1S/C11H13FN2O/c1-2-7(6-13)11-14-9-4-3-8(12)5-10(9)15-11/h3-5,7H,2,6,13H2,1H3. The van der Waals surface area contributed by atoms with Gasteiger partial charge in [0.15, 0.2) is 11.5 Å². The number of halogens is 1. The van der Waals surface area contributed by atoms with Gasteiger partial charge in [-0.05, 0) is 18.6 Å². The maximum absolute atomic E-state index is 12.9. The van der Waals surface area contributed by atoms with Gasteiger partial charge in [0, 0.05) is 18.5 Å². The maximum Gasteiger partial charge on any atom is 0.199 e. The molecule has 1 heterocycles. The van der Waals surface area contributed by atoms with E-state index in [1.54, 1.807) is 6.07 Å². The fourth-order valence-corrected chi connectivity index (χ4v) is 1.53. The van der Waals surface area contributed by atoms with Crippen LogP contribution in [0.2, 0.25) is 0 Å². The van der Waals surface area contributed by atoms with Crippen molar-refractivity contribution in [2.24, 2.45) is 5.73 Å². The first kappa shape index (κ1) is 10.1. The van der Waals surface area contributed by atoms with Gasteiger partial charge in [-0.15, -0.1) is 0 Å². The molecule has 0 bridgehead atoms. The van der Waals surface area contributed by atoms with Crippen LogP contribution in [0.1, 0.15) is 25.2 Å². The van der Waals surface area contributed by atoms with E-state index in [1.165, 1.54) is 12.1 Å². The normalized spacial score (nSPS) is 13.3. The molecule has 15 heavy (non-hydrogen) atoms. The molecule has 0 aliphatic heterocycles. The molecule has 1 aromatic heterocycles. The number of fused-ring (bicyclic) bond motifs is 1. The van der Waals surface area contributed by atoms with E-state index in [0.29, 0.717) is 23.5 Å². The van der Waals surface area contributed by atoms with Crippen LogP contribution >= 0.6 is 0 Å². The van der Waals surface area contributed by atoms with Gasteiger partial charge in [0.25, 0.3) is 0 Å². The molecule has 2 rings (SSSR count). The van der Waals surface area contributed by atoms with Crippen LogP contribution in [0.4, 0.5) is 4.39 Å². The predicted molar refractivity (Wildman–Crippen MR) is 56.1 cm³/mol. The van der Waals surface area contributed by atoms with Crippen LogP contribution in [0, 0.1) is 5.82 Å². The minimum Gasteiger partial charge on any atom is -0.440 e. The minimum atomic E-state index is -0.314. The topological polar surface area (TPSA) is 52.0 Å². The number of benzene rings is 1. The summed E-state index contributed by atoms with van der Waals surface area (Å²) in [5.41, 5.74) is 6.76. The highest BCUT2D eigenvalue weighted by Gasteiger charge is 2.14. The maximum atomic E-state index is 12.9. The Kier molecular flexibility index (Phi) is 2.68. The predicted octanol–water partition coefficient (Wildman–Crippen LogP) is 2.42. The van der Waals surface area contributed by atoms with Gasteiger partial charge >= 0.3 is 0 Å². The number of rotatable bonds is 3. The number of aromatic nitrogens is 1. The monoisotopic (exact) mass is 208 g/mol. The van der Waals surface area contributed by atoms with Gasteiger partial charge in [-0.1, -0.05) is 6.92 Å². The number of oxazole rings is 1. The first-order chi connectivity index (χ1) is 7.24. The van der Waals surface area contributed by atoms with E-state index in [-0.39, 0.29) is 11.7 Å². The highest BCUT2D eigenvalue weighted by molar-refractivity contribution is 5.72. The lowest BCUT2D eigenvalue weighted by Gasteiger charge is -2.05. The lowest BCUT2D eigenvalue weighted by Crippen LogP contribution is -2.11. The molecule has 0 saturated heterocycles. The summed E-state index contributed by atoms with van der Waals surface area (Å²) in [6.45, 7) is 2.51. The molecule has 0 radical (unpaired) electrons. The summed E-state index contributed by atoms with van der Waals surface area (Å²) in [5.74, 6) is 0.395. The van der Waals surface area contributed by atoms with Crippen molar-refractivity contribution in [3.63, 3.8) is 0 Å². The molecule has 2 N–H and O–H groups in total. The lowest BCUT2D eigenvalue weighted by molar-refractivity contribution is 0.464. The van der Waals surface area contributed by atoms with Gasteiger partial charge < -0.3 is 10.2 Å². The Bertz CT molecular complexity index is 463. The van der Waals surface area contributed by atoms with Crippen molar-refractivity contribution < 1.29 is 8.81 Å². The second-order valence-electron chi connectivity index (χ2n) is 3.51. The molecule has 1 atom stereocenters. The fourth-order valence-electron chi connectivity index (χ4n) is 1.53. The molecule has 0 saturated carbocycles. The molecule has 80 valence electrons. The Hall–Kier alpha value is -1.42. The molecular formula is C11H13FN2O. The molecule has 2 aromatic rings. The summed E-state index contributed by atoms with van der Waals surface area (Å²) in [4.78, 5) is 4.28. The second-order valence-corrected chi connectivity index (χ2v) is 3.51. The molecule has 0 aliphatic rings. The third kappa shape index (κ3) is 1.85. The van der Waals surface area contributed by atoms with Crippen molar-refractivity contribution in [2.45, 2.75) is 19.3 Å². The SMILES string of the molecule is CCC(CN)c1nc2ccc(F)cc2o1. The average molecular weight is 208 g/mol. The molecule has 1 aromatic carbocycles. The van der Waals surface area contributed by atoms with E-state index in [2.05, 4.69) is 4.98 Å². The molecule has 1 unspecified atom stereocenters. The van der Waals surface area contributed by atoms with Crippen molar-refractivity contribution in [3.05, 3.63) is 29.9 Å². The van der Waals surface area contributed by atoms with E-state index in [0.717, 1.165) is 6.42 Å². The smallest absolute Gasteiger partial charge is 0.199 e. The Morgan fingerprint density at radius 1 is 1.53 bits per heavy atom. The first-order valence-electron chi connectivity index (χ1n) is 5.00. The van der Waals surface area contributed by atoms with Crippen LogP contribution in [0.3, 0.4) is 0 Å². The highest BCUT2D eigenvalue weighted by Crippen LogP contribution is 2.23. The zero-order valence-corrected chi connectivity index (χ0v) is 8.53. The molecule has 0 aliphatic carbocycles. The quantitative estimate of drug-likeness (QED) is 0.842. The summed E-state index contributed by atoms with van der Waals surface area (Å²) in [7, 11) is 0. The van der Waals surface area contributed by atoms with Gasteiger partial charge in [-0.3, -0.25) is 0 Å². The molecule has 3 nitrogen and oxygen atoms in total. The average Bonchev–Trinajstić information content (AvgIpc) is 2.62. The zero-order chi connectivity index (χ0) is 10.8. The summed E-state index contributed by atoms with van der Waals surface area (Å²) in [6.07, 6.45) is 0.867. The van der Waals surface area contributed by atoms with Crippen LogP contribution in [0.5, 0.6) is 0 Å². The van der Waals surface area contributed by atoms with Crippen molar-refractivity contribution in [1.82, 2.24) is 4.98 Å². The Labute approximate surface area is 87.1 Å². The lowest BCUT2D eigenvalue weighted by atomic mass is 10.1. The molecule has 0 fully saturated rings.